The molecule has 2 heteroatoms. The number of aryl methyl sites for hydroxylation is 3. The predicted molar refractivity (Wildman–Crippen MR) is 73.6 cm³/mol. The highest BCUT2D eigenvalue weighted by atomic mass is 15.0. The first-order chi connectivity index (χ1) is 8.57. The lowest BCUT2D eigenvalue weighted by atomic mass is 9.75. The third kappa shape index (κ3) is 1.34. The third-order valence-electron chi connectivity index (χ3n) is 4.33. The van der Waals surface area contributed by atoms with Crippen LogP contribution in [0.4, 0.5) is 0 Å². The molecule has 1 aliphatic rings. The molecule has 1 aliphatic carbocycles. The van der Waals surface area contributed by atoms with E-state index in [1.54, 1.807) is 0 Å². The number of aromatic nitrogens is 1. The molecule has 2 nitrogen and oxygen atoms in total. The normalized spacial score (nSPS) is 22.8. The molecule has 1 aromatic heterocycles. The molecule has 0 radical (unpaired) electrons. The molecule has 0 amide bonds. The van der Waals surface area contributed by atoms with Gasteiger partial charge in [-0.1, -0.05) is 11.6 Å². The van der Waals surface area contributed by atoms with Crippen molar-refractivity contribution in [3.05, 3.63) is 35.0 Å². The molecule has 0 bridgehead atoms. The Kier molecular flexibility index (Phi) is 2.28. The molecule has 1 atom stereocenters. The fourth-order valence-corrected chi connectivity index (χ4v) is 3.44. The topological polar surface area (TPSA) is 28.7 Å². The minimum Gasteiger partial charge on any atom is -0.346 e. The van der Waals surface area contributed by atoms with Crippen LogP contribution in [0.2, 0.25) is 0 Å². The Morgan fingerprint density at radius 3 is 2.89 bits per heavy atom. The summed E-state index contributed by atoms with van der Waals surface area (Å²) in [6.07, 6.45) is 3.19. The predicted octanol–water partition coefficient (Wildman–Crippen LogP) is 3.60. The molecule has 1 heterocycles. The molecular formula is C16H18N2. The molecule has 92 valence electrons. The average Bonchev–Trinajstić information content (AvgIpc) is 2.64. The van der Waals surface area contributed by atoms with Crippen LogP contribution < -0.4 is 0 Å². The lowest BCUT2D eigenvalue weighted by Crippen LogP contribution is -2.27. The Morgan fingerprint density at radius 1 is 1.39 bits per heavy atom. The SMILES string of the molecule is Cc1ccc2c(c1)c1c(n2C)[C@](C)(C#N)CCC1. The van der Waals surface area contributed by atoms with Crippen LogP contribution in [0.1, 0.15) is 36.6 Å². The molecule has 0 saturated heterocycles. The van der Waals surface area contributed by atoms with Gasteiger partial charge in [0.05, 0.1) is 11.5 Å². The summed E-state index contributed by atoms with van der Waals surface area (Å²) in [5.74, 6) is 0. The number of rotatable bonds is 0. The number of nitrogens with zero attached hydrogens (tertiary/aromatic N) is 2. The molecule has 18 heavy (non-hydrogen) atoms. The van der Waals surface area contributed by atoms with Gasteiger partial charge in [0, 0.05) is 23.6 Å². The number of nitriles is 1. The molecule has 0 aliphatic heterocycles. The van der Waals surface area contributed by atoms with E-state index in [-0.39, 0.29) is 5.41 Å². The molecule has 0 N–H and O–H groups in total. The first-order valence-electron chi connectivity index (χ1n) is 6.56. The first kappa shape index (κ1) is 11.3. The van der Waals surface area contributed by atoms with Gasteiger partial charge in [-0.3, -0.25) is 0 Å². The Labute approximate surface area is 108 Å². The fraction of sp³-hybridized carbons (Fsp3) is 0.438. The van der Waals surface area contributed by atoms with E-state index in [1.165, 1.54) is 27.7 Å². The van der Waals surface area contributed by atoms with E-state index in [9.17, 15) is 5.26 Å². The maximum atomic E-state index is 9.54. The van der Waals surface area contributed by atoms with Crippen LogP contribution in [-0.2, 0) is 18.9 Å². The van der Waals surface area contributed by atoms with Crippen LogP contribution in [0.15, 0.2) is 18.2 Å². The largest absolute Gasteiger partial charge is 0.346 e. The highest BCUT2D eigenvalue weighted by Crippen LogP contribution is 2.41. The molecule has 0 spiro atoms. The van der Waals surface area contributed by atoms with Gasteiger partial charge in [-0.15, -0.1) is 0 Å². The van der Waals surface area contributed by atoms with Crippen molar-refractivity contribution in [2.45, 2.75) is 38.5 Å². The van der Waals surface area contributed by atoms with Gasteiger partial charge in [0.2, 0.25) is 0 Å². The molecular weight excluding hydrogens is 220 g/mol. The second-order valence-electron chi connectivity index (χ2n) is 5.70. The van der Waals surface area contributed by atoms with Crippen molar-refractivity contribution in [2.75, 3.05) is 0 Å². The smallest absolute Gasteiger partial charge is 0.0948 e. The average molecular weight is 238 g/mol. The van der Waals surface area contributed by atoms with Gasteiger partial charge in [-0.25, -0.2) is 0 Å². The van der Waals surface area contributed by atoms with Crippen LogP contribution in [0.3, 0.4) is 0 Å². The van der Waals surface area contributed by atoms with Crippen LogP contribution in [0, 0.1) is 18.3 Å². The van der Waals surface area contributed by atoms with Gasteiger partial charge in [0.15, 0.2) is 0 Å². The summed E-state index contributed by atoms with van der Waals surface area (Å²) in [5, 5.41) is 10.9. The Hall–Kier alpha value is -1.75. The maximum Gasteiger partial charge on any atom is 0.0948 e. The maximum absolute atomic E-state index is 9.54. The highest BCUT2D eigenvalue weighted by molar-refractivity contribution is 5.87. The fourth-order valence-electron chi connectivity index (χ4n) is 3.44. The van der Waals surface area contributed by atoms with Gasteiger partial charge >= 0.3 is 0 Å². The molecule has 0 fully saturated rings. The Morgan fingerprint density at radius 2 is 2.17 bits per heavy atom. The van der Waals surface area contributed by atoms with E-state index in [1.807, 2.05) is 0 Å². The number of hydrogen-bond donors (Lipinski definition) is 0. The van der Waals surface area contributed by atoms with Crippen LogP contribution >= 0.6 is 0 Å². The molecule has 1 aromatic carbocycles. The molecule has 2 aromatic rings. The van der Waals surface area contributed by atoms with Crippen molar-refractivity contribution in [1.82, 2.24) is 4.57 Å². The van der Waals surface area contributed by atoms with Crippen molar-refractivity contribution in [3.63, 3.8) is 0 Å². The van der Waals surface area contributed by atoms with E-state index in [2.05, 4.69) is 49.7 Å². The number of hydrogen-bond acceptors (Lipinski definition) is 1. The van der Waals surface area contributed by atoms with Gasteiger partial charge in [0.25, 0.3) is 0 Å². The minimum absolute atomic E-state index is 0.324. The molecule has 3 rings (SSSR count). The lowest BCUT2D eigenvalue weighted by Gasteiger charge is -2.28. The van der Waals surface area contributed by atoms with Gasteiger partial charge in [-0.05, 0) is 50.8 Å². The van der Waals surface area contributed by atoms with E-state index < -0.39 is 0 Å². The lowest BCUT2D eigenvalue weighted by molar-refractivity contribution is 0.467. The van der Waals surface area contributed by atoms with E-state index in [0.717, 1.165) is 19.3 Å². The van der Waals surface area contributed by atoms with Gasteiger partial charge in [-0.2, -0.15) is 5.26 Å². The van der Waals surface area contributed by atoms with Crippen molar-refractivity contribution in [1.29, 1.82) is 5.26 Å². The van der Waals surface area contributed by atoms with Crippen LogP contribution in [0.25, 0.3) is 10.9 Å². The summed E-state index contributed by atoms with van der Waals surface area (Å²) in [5.41, 5.74) is 4.85. The molecule has 0 saturated carbocycles. The van der Waals surface area contributed by atoms with E-state index >= 15 is 0 Å². The second kappa shape index (κ2) is 3.62. The van der Waals surface area contributed by atoms with Crippen molar-refractivity contribution in [2.24, 2.45) is 7.05 Å². The summed E-state index contributed by atoms with van der Waals surface area (Å²) in [4.78, 5) is 0. The summed E-state index contributed by atoms with van der Waals surface area (Å²) in [7, 11) is 2.09. The highest BCUT2D eigenvalue weighted by Gasteiger charge is 2.36. The van der Waals surface area contributed by atoms with E-state index in [4.69, 9.17) is 0 Å². The quantitative estimate of drug-likeness (QED) is 0.689. The van der Waals surface area contributed by atoms with Crippen molar-refractivity contribution in [3.8, 4) is 6.07 Å². The zero-order valence-corrected chi connectivity index (χ0v) is 11.2. The summed E-state index contributed by atoms with van der Waals surface area (Å²) in [6.45, 7) is 4.21. The van der Waals surface area contributed by atoms with E-state index in [0.29, 0.717) is 0 Å². The van der Waals surface area contributed by atoms with Gasteiger partial charge in [0.1, 0.15) is 0 Å². The van der Waals surface area contributed by atoms with Crippen LogP contribution in [-0.4, -0.2) is 4.57 Å². The van der Waals surface area contributed by atoms with Gasteiger partial charge < -0.3 is 4.57 Å². The molecule has 0 unspecified atom stereocenters. The third-order valence-corrected chi connectivity index (χ3v) is 4.33. The van der Waals surface area contributed by atoms with Crippen molar-refractivity contribution < 1.29 is 0 Å². The summed E-state index contributed by atoms with van der Waals surface area (Å²) in [6, 6.07) is 9.12. The standard InChI is InChI=1S/C16H18N2/c1-11-6-7-14-13(9-11)12-5-4-8-16(2,10-17)15(12)18(14)3/h6-7,9H,4-5,8H2,1-3H3/t16-/m0/s1. The summed E-state index contributed by atoms with van der Waals surface area (Å²) >= 11 is 0. The minimum atomic E-state index is -0.324. The number of benzene rings is 1. The Bertz CT molecular complexity index is 672. The van der Waals surface area contributed by atoms with Crippen LogP contribution in [0.5, 0.6) is 0 Å². The zero-order valence-electron chi connectivity index (χ0n) is 11.2. The second-order valence-corrected chi connectivity index (χ2v) is 5.70. The van der Waals surface area contributed by atoms with Crippen molar-refractivity contribution >= 4 is 10.9 Å². The number of fused-ring (bicyclic) bond motifs is 3. The summed E-state index contributed by atoms with van der Waals surface area (Å²) < 4.78 is 2.23. The first-order valence-corrected chi connectivity index (χ1v) is 6.56. The monoisotopic (exact) mass is 238 g/mol. The Balaban J connectivity index is 2.42. The zero-order chi connectivity index (χ0) is 12.9.